The van der Waals surface area contributed by atoms with E-state index in [4.69, 9.17) is 14.2 Å². The molecule has 2 amide bonds. The predicted octanol–water partition coefficient (Wildman–Crippen LogP) is 4.09. The number of carbonyl (C=O) groups is 2. The summed E-state index contributed by atoms with van der Waals surface area (Å²) in [6.07, 6.45) is 8.71. The van der Waals surface area contributed by atoms with Crippen LogP contribution in [0.4, 0.5) is 0 Å². The summed E-state index contributed by atoms with van der Waals surface area (Å²) in [5.41, 5.74) is 2.77. The first kappa shape index (κ1) is 29.0. The van der Waals surface area contributed by atoms with E-state index in [1.165, 1.54) is 9.80 Å². The van der Waals surface area contributed by atoms with Crippen molar-refractivity contribution in [3.63, 3.8) is 0 Å². The molecule has 1 N–H and O–H groups in total. The second-order valence-electron chi connectivity index (χ2n) is 9.44. The fourth-order valence-electron chi connectivity index (χ4n) is 4.77. The zero-order valence-electron chi connectivity index (χ0n) is 23.1. The van der Waals surface area contributed by atoms with Gasteiger partial charge in [-0.1, -0.05) is 56.2 Å². The fourth-order valence-corrected chi connectivity index (χ4v) is 4.77. The van der Waals surface area contributed by atoms with Gasteiger partial charge in [-0.2, -0.15) is 0 Å². The van der Waals surface area contributed by atoms with E-state index >= 15 is 0 Å². The smallest absolute Gasteiger partial charge is 0.248 e. The summed E-state index contributed by atoms with van der Waals surface area (Å²) in [6.45, 7) is 2.08. The number of nitrogens with zero attached hydrogens (tertiary/aromatic N) is 2. The van der Waals surface area contributed by atoms with Gasteiger partial charge in [-0.15, -0.1) is 0 Å². The van der Waals surface area contributed by atoms with Crippen molar-refractivity contribution in [2.45, 2.75) is 51.1 Å². The quantitative estimate of drug-likeness (QED) is 0.314. The highest BCUT2D eigenvalue weighted by Crippen LogP contribution is 2.41. The first-order chi connectivity index (χ1) is 18.4. The number of amides is 2. The molecule has 1 fully saturated rings. The number of methoxy groups -OCH3 is 3. The molecule has 2 aromatic carbocycles. The largest absolute Gasteiger partial charge is 0.493 e. The van der Waals surface area contributed by atoms with Gasteiger partial charge in [0.1, 0.15) is 12.1 Å². The Morgan fingerprint density at radius 1 is 0.868 bits per heavy atom. The van der Waals surface area contributed by atoms with E-state index in [0.29, 0.717) is 30.2 Å². The molecule has 2 aromatic rings. The average Bonchev–Trinajstić information content (AvgIpc) is 2.95. The summed E-state index contributed by atoms with van der Waals surface area (Å²) in [4.78, 5) is 29.4. The van der Waals surface area contributed by atoms with Crippen LogP contribution in [0.5, 0.6) is 17.2 Å². The summed E-state index contributed by atoms with van der Waals surface area (Å²) >= 11 is 0. The first-order valence-electron chi connectivity index (χ1n) is 13.1. The second-order valence-corrected chi connectivity index (χ2v) is 9.44. The molecule has 1 saturated heterocycles. The molecule has 206 valence electrons. The van der Waals surface area contributed by atoms with E-state index < -0.39 is 18.7 Å². The van der Waals surface area contributed by atoms with Crippen LogP contribution in [0.2, 0.25) is 0 Å². The van der Waals surface area contributed by atoms with Crippen molar-refractivity contribution in [2.24, 2.45) is 0 Å². The molecule has 1 aliphatic rings. The van der Waals surface area contributed by atoms with Crippen LogP contribution in [0.3, 0.4) is 0 Å². The highest BCUT2D eigenvalue weighted by atomic mass is 16.5. The molecule has 2 atom stereocenters. The number of likely N-dealkylation sites (N-methyl/N-ethyl adjacent to an activating group) is 1. The van der Waals surface area contributed by atoms with Gasteiger partial charge in [0.15, 0.2) is 11.5 Å². The van der Waals surface area contributed by atoms with Gasteiger partial charge in [0.2, 0.25) is 17.6 Å². The normalized spacial score (nSPS) is 17.8. The molecule has 0 saturated carbocycles. The third-order valence-corrected chi connectivity index (χ3v) is 7.04. The minimum atomic E-state index is -0.855. The number of benzene rings is 2. The Labute approximate surface area is 225 Å². The molecule has 0 spiro atoms. The van der Waals surface area contributed by atoms with Gasteiger partial charge >= 0.3 is 0 Å². The van der Waals surface area contributed by atoms with Crippen molar-refractivity contribution in [2.75, 3.05) is 41.5 Å². The Bertz CT molecular complexity index is 1090. The molecule has 1 aliphatic heterocycles. The van der Waals surface area contributed by atoms with Crippen LogP contribution in [0, 0.1) is 0 Å². The number of rotatable bonds is 13. The van der Waals surface area contributed by atoms with Gasteiger partial charge in [0, 0.05) is 20.0 Å². The van der Waals surface area contributed by atoms with Crippen LogP contribution in [0.15, 0.2) is 48.6 Å². The van der Waals surface area contributed by atoms with Crippen LogP contribution in [0.25, 0.3) is 11.1 Å². The third kappa shape index (κ3) is 6.48. The van der Waals surface area contributed by atoms with E-state index in [1.807, 2.05) is 42.5 Å². The molecule has 0 aromatic heterocycles. The number of aliphatic hydroxyl groups is 1. The van der Waals surface area contributed by atoms with E-state index in [9.17, 15) is 14.7 Å². The lowest BCUT2D eigenvalue weighted by Gasteiger charge is -2.42. The number of hydrogen-bond acceptors (Lipinski definition) is 6. The molecule has 0 bridgehead atoms. The molecule has 0 aliphatic carbocycles. The minimum absolute atomic E-state index is 0.155. The topological polar surface area (TPSA) is 88.5 Å². The second kappa shape index (κ2) is 13.9. The maximum atomic E-state index is 13.5. The summed E-state index contributed by atoms with van der Waals surface area (Å²) in [7, 11) is 6.36. The highest BCUT2D eigenvalue weighted by molar-refractivity contribution is 5.97. The molecular weight excluding hydrogens is 484 g/mol. The number of hydrogen-bond donors (Lipinski definition) is 1. The van der Waals surface area contributed by atoms with Gasteiger partial charge in [0.25, 0.3) is 0 Å². The van der Waals surface area contributed by atoms with Crippen molar-refractivity contribution >= 4 is 11.8 Å². The van der Waals surface area contributed by atoms with E-state index in [2.05, 4.69) is 13.0 Å². The van der Waals surface area contributed by atoms with Crippen molar-refractivity contribution in [3.8, 4) is 28.4 Å². The molecule has 38 heavy (non-hydrogen) atoms. The number of ether oxygens (including phenoxy) is 3. The Morgan fingerprint density at radius 3 is 2.08 bits per heavy atom. The minimum Gasteiger partial charge on any atom is -0.493 e. The SMILES string of the molecule is CCCCC/C=C/CN1C(=O)C(Cc2ccc(-c3cc(OC)c(OC)c(OC)c3)cc2)N(C)C(=O)C1CO. The predicted molar refractivity (Wildman–Crippen MR) is 148 cm³/mol. The number of piperazine rings is 1. The number of unbranched alkanes of at least 4 members (excludes halogenated alkanes) is 3. The lowest BCUT2D eigenvalue weighted by molar-refractivity contribution is -0.161. The van der Waals surface area contributed by atoms with E-state index in [1.54, 1.807) is 28.4 Å². The lowest BCUT2D eigenvalue weighted by atomic mass is 9.96. The molecule has 8 heteroatoms. The van der Waals surface area contributed by atoms with Crippen LogP contribution in [0.1, 0.15) is 38.2 Å². The standard InChI is InChI=1S/C30H40N2O6/c1-6-7-8-9-10-11-16-32-25(20-33)29(34)31(2)24(30(32)35)17-21-12-14-22(15-13-21)23-18-26(36-3)28(38-5)27(19-23)37-4/h10-15,18-19,24-25,33H,6-9,16-17,20H2,1-5H3/b11-10+. The monoisotopic (exact) mass is 524 g/mol. The average molecular weight is 525 g/mol. The van der Waals surface area contributed by atoms with Crippen LogP contribution in [-0.2, 0) is 16.0 Å². The lowest BCUT2D eigenvalue weighted by Crippen LogP contribution is -2.65. The van der Waals surface area contributed by atoms with Crippen molar-refractivity contribution in [1.29, 1.82) is 0 Å². The molecule has 8 nitrogen and oxygen atoms in total. The zero-order valence-corrected chi connectivity index (χ0v) is 23.1. The van der Waals surface area contributed by atoms with E-state index in [-0.39, 0.29) is 11.8 Å². The Balaban J connectivity index is 1.78. The molecule has 2 unspecified atom stereocenters. The number of carbonyl (C=O) groups excluding carboxylic acids is 2. The van der Waals surface area contributed by atoms with Crippen LogP contribution < -0.4 is 14.2 Å². The third-order valence-electron chi connectivity index (χ3n) is 7.04. The molecule has 3 rings (SSSR count). The van der Waals surface area contributed by atoms with Crippen molar-refractivity contribution in [3.05, 3.63) is 54.1 Å². The molecular formula is C30H40N2O6. The van der Waals surface area contributed by atoms with E-state index in [0.717, 1.165) is 42.4 Å². The molecule has 0 radical (unpaired) electrons. The van der Waals surface area contributed by atoms with Crippen molar-refractivity contribution in [1.82, 2.24) is 9.80 Å². The van der Waals surface area contributed by atoms with Crippen LogP contribution in [-0.4, -0.2) is 80.3 Å². The number of aliphatic hydroxyl groups excluding tert-OH is 1. The van der Waals surface area contributed by atoms with Gasteiger partial charge in [-0.05, 0) is 41.7 Å². The Kier molecular flexibility index (Phi) is 10.6. The Morgan fingerprint density at radius 2 is 1.53 bits per heavy atom. The fraction of sp³-hybridized carbons (Fsp3) is 0.467. The van der Waals surface area contributed by atoms with Gasteiger partial charge < -0.3 is 29.1 Å². The highest BCUT2D eigenvalue weighted by Gasteiger charge is 2.43. The van der Waals surface area contributed by atoms with Gasteiger partial charge in [0.05, 0.1) is 27.9 Å². The van der Waals surface area contributed by atoms with Gasteiger partial charge in [-0.25, -0.2) is 0 Å². The Hall–Kier alpha value is -3.52. The molecule has 1 heterocycles. The summed E-state index contributed by atoms with van der Waals surface area (Å²) < 4.78 is 16.4. The maximum absolute atomic E-state index is 13.5. The zero-order chi connectivity index (χ0) is 27.7. The van der Waals surface area contributed by atoms with Crippen LogP contribution >= 0.6 is 0 Å². The summed E-state index contributed by atoms with van der Waals surface area (Å²) in [5.74, 6) is 1.26. The summed E-state index contributed by atoms with van der Waals surface area (Å²) in [5, 5.41) is 9.87. The number of allylic oxidation sites excluding steroid dienone is 1. The summed E-state index contributed by atoms with van der Waals surface area (Å²) in [6, 6.07) is 10.1. The van der Waals surface area contributed by atoms with Crippen molar-refractivity contribution < 1.29 is 28.9 Å². The first-order valence-corrected chi connectivity index (χ1v) is 13.1. The van der Waals surface area contributed by atoms with Gasteiger partial charge in [-0.3, -0.25) is 9.59 Å². The maximum Gasteiger partial charge on any atom is 0.248 e.